The van der Waals surface area contributed by atoms with Crippen LogP contribution in [0.3, 0.4) is 0 Å². The maximum Gasteiger partial charge on any atom is 0.305 e. The minimum Gasteiger partial charge on any atom is -0.469 e. The fourth-order valence-electron chi connectivity index (χ4n) is 2.74. The molecule has 0 N–H and O–H groups in total. The van der Waals surface area contributed by atoms with Crippen LogP contribution in [0.1, 0.15) is 110 Å². The third-order valence-corrected chi connectivity index (χ3v) is 4.21. The Morgan fingerprint density at radius 3 is 1.27 bits per heavy atom. The predicted octanol–water partition coefficient (Wildman–Crippen LogP) is 6.50. The lowest BCUT2D eigenvalue weighted by Crippen LogP contribution is -1.99. The summed E-state index contributed by atoms with van der Waals surface area (Å²) in [6.45, 7) is 2.28. The average Bonchev–Trinajstić information content (AvgIpc) is 2.50. The summed E-state index contributed by atoms with van der Waals surface area (Å²) in [6, 6.07) is 0. The maximum absolute atomic E-state index is 10.9. The second kappa shape index (κ2) is 20.5. The maximum atomic E-state index is 10.9. The minimum atomic E-state index is -0.0651. The summed E-state index contributed by atoms with van der Waals surface area (Å²) in [6.07, 6.45) is 20.9. The van der Waals surface area contributed by atoms with Gasteiger partial charge >= 0.3 is 5.97 Å². The second-order valence-electron chi connectivity index (χ2n) is 6.28. The van der Waals surface area contributed by atoms with Crippen LogP contribution in [0.25, 0.3) is 0 Å². The summed E-state index contributed by atoms with van der Waals surface area (Å²) in [5.41, 5.74) is 0. The Morgan fingerprint density at radius 2 is 0.955 bits per heavy atom. The van der Waals surface area contributed by atoms with Gasteiger partial charge in [-0.25, -0.2) is 0 Å². The van der Waals surface area contributed by atoms with Gasteiger partial charge in [0.05, 0.1) is 7.11 Å². The summed E-state index contributed by atoms with van der Waals surface area (Å²) >= 11 is 0. The molecule has 0 aliphatic carbocycles. The van der Waals surface area contributed by atoms with Gasteiger partial charge in [-0.05, 0) is 6.42 Å². The summed E-state index contributed by atoms with van der Waals surface area (Å²) < 4.78 is 4.63. The summed E-state index contributed by atoms with van der Waals surface area (Å²) in [4.78, 5) is 10.9. The van der Waals surface area contributed by atoms with Crippen LogP contribution >= 0.6 is 0 Å². The molecule has 0 saturated heterocycles. The van der Waals surface area contributed by atoms with Gasteiger partial charge < -0.3 is 4.74 Å². The van der Waals surface area contributed by atoms with Gasteiger partial charge in [-0.3, -0.25) is 4.79 Å². The number of rotatable bonds is 16. The van der Waals surface area contributed by atoms with E-state index in [2.05, 4.69) is 11.7 Å². The van der Waals surface area contributed by atoms with Crippen molar-refractivity contribution >= 4 is 5.97 Å². The van der Waals surface area contributed by atoms with Crippen molar-refractivity contribution in [3.05, 3.63) is 7.43 Å². The molecule has 0 unspecified atom stereocenters. The van der Waals surface area contributed by atoms with Crippen molar-refractivity contribution in [1.82, 2.24) is 0 Å². The van der Waals surface area contributed by atoms with E-state index < -0.39 is 0 Å². The first kappa shape index (κ1) is 23.7. The molecule has 0 fully saturated rings. The number of esters is 1. The van der Waals surface area contributed by atoms with Gasteiger partial charge in [0.25, 0.3) is 0 Å². The third kappa shape index (κ3) is 19.5. The van der Waals surface area contributed by atoms with Gasteiger partial charge in [0, 0.05) is 13.8 Å². The van der Waals surface area contributed by atoms with Crippen molar-refractivity contribution in [3.63, 3.8) is 0 Å². The second-order valence-corrected chi connectivity index (χ2v) is 6.28. The molecule has 0 aromatic carbocycles. The predicted molar refractivity (Wildman–Crippen MR) is 94.8 cm³/mol. The molecule has 22 heavy (non-hydrogen) atoms. The third-order valence-electron chi connectivity index (χ3n) is 4.21. The van der Waals surface area contributed by atoms with E-state index in [9.17, 15) is 4.79 Å². The van der Waals surface area contributed by atoms with E-state index in [1.54, 1.807) is 0 Å². The largest absolute Gasteiger partial charge is 0.469 e. The first-order valence-corrected chi connectivity index (χ1v) is 9.38. The Labute approximate surface area is 140 Å². The Balaban J connectivity index is 0. The van der Waals surface area contributed by atoms with E-state index in [0.717, 1.165) is 6.42 Å². The van der Waals surface area contributed by atoms with E-state index in [0.29, 0.717) is 6.42 Å². The molecular weight excluding hydrogens is 272 g/mol. The van der Waals surface area contributed by atoms with E-state index in [4.69, 9.17) is 0 Å². The smallest absolute Gasteiger partial charge is 0.305 e. The van der Waals surface area contributed by atoms with Crippen LogP contribution in [-0.4, -0.2) is 13.1 Å². The monoisotopic (exact) mass is 310 g/mol. The van der Waals surface area contributed by atoms with Crippen molar-refractivity contribution in [2.45, 2.75) is 110 Å². The lowest BCUT2D eigenvalue weighted by molar-refractivity contribution is -0.140. The zero-order chi connectivity index (χ0) is 15.6. The molecule has 0 aromatic rings. The van der Waals surface area contributed by atoms with Gasteiger partial charge in [0.1, 0.15) is 0 Å². The Morgan fingerprint density at radius 1 is 0.636 bits per heavy atom. The van der Waals surface area contributed by atoms with Crippen molar-refractivity contribution < 1.29 is 9.53 Å². The molecule has 0 aliphatic heterocycles. The van der Waals surface area contributed by atoms with Gasteiger partial charge in [-0.1, -0.05) is 96.8 Å². The Kier molecular flexibility index (Phi) is 22.1. The molecule has 4 radical (unpaired) electrons. The molecule has 130 valence electrons. The molecule has 0 spiro atoms. The molecule has 0 bridgehead atoms. The Hall–Kier alpha value is -0.530. The quantitative estimate of drug-likeness (QED) is 0.240. The van der Waals surface area contributed by atoms with E-state index >= 15 is 0 Å². The highest BCUT2D eigenvalue weighted by atomic mass is 16.5. The van der Waals surface area contributed by atoms with Crippen molar-refractivity contribution in [2.75, 3.05) is 7.11 Å². The standard InChI is InChI=1S/C19H38O2.C/c1-3-4-5-6-7-8-9-10-11-12-13-14-15-16-17-18-19(20)21-2;/h3-18H2,1-2H3;. The fraction of sp³-hybridized carbons (Fsp3) is 0.900. The highest BCUT2D eigenvalue weighted by Crippen LogP contribution is 2.13. The van der Waals surface area contributed by atoms with Crippen LogP contribution in [0.2, 0.25) is 0 Å². The number of carbonyl (C=O) groups is 1. The SMILES string of the molecule is CCCCCCCCCCCCCCCCCC(=O)OC.[C]. The van der Waals surface area contributed by atoms with Gasteiger partial charge in [-0.15, -0.1) is 0 Å². The average molecular weight is 311 g/mol. The number of ether oxygens (including phenoxy) is 1. The molecule has 0 aliphatic rings. The summed E-state index contributed by atoms with van der Waals surface area (Å²) in [7, 11) is 1.47. The van der Waals surface area contributed by atoms with E-state index in [1.165, 1.54) is 97.0 Å². The zero-order valence-electron chi connectivity index (χ0n) is 15.1. The van der Waals surface area contributed by atoms with E-state index in [-0.39, 0.29) is 13.4 Å². The van der Waals surface area contributed by atoms with Crippen molar-refractivity contribution in [1.29, 1.82) is 0 Å². The summed E-state index contributed by atoms with van der Waals surface area (Å²) in [5, 5.41) is 0. The zero-order valence-corrected chi connectivity index (χ0v) is 15.1. The number of methoxy groups -OCH3 is 1. The molecule has 0 heterocycles. The van der Waals surface area contributed by atoms with Crippen LogP contribution in [0, 0.1) is 7.43 Å². The number of hydrogen-bond donors (Lipinski definition) is 0. The molecule has 0 aromatic heterocycles. The summed E-state index contributed by atoms with van der Waals surface area (Å²) in [5.74, 6) is -0.0651. The highest BCUT2D eigenvalue weighted by Gasteiger charge is 1.99. The topological polar surface area (TPSA) is 26.3 Å². The molecule has 0 amide bonds. The van der Waals surface area contributed by atoms with Crippen LogP contribution < -0.4 is 0 Å². The number of carbonyl (C=O) groups excluding carboxylic acids is 1. The molecule has 0 rings (SSSR count). The lowest BCUT2D eigenvalue weighted by Gasteiger charge is -2.03. The number of hydrogen-bond acceptors (Lipinski definition) is 2. The van der Waals surface area contributed by atoms with Crippen molar-refractivity contribution in [2.24, 2.45) is 0 Å². The fourth-order valence-corrected chi connectivity index (χ4v) is 2.74. The van der Waals surface area contributed by atoms with Crippen LogP contribution in [0.5, 0.6) is 0 Å². The first-order chi connectivity index (χ1) is 10.3. The molecule has 0 atom stereocenters. The van der Waals surface area contributed by atoms with Gasteiger partial charge in [0.15, 0.2) is 0 Å². The van der Waals surface area contributed by atoms with Crippen molar-refractivity contribution in [3.8, 4) is 0 Å². The molecule has 2 nitrogen and oxygen atoms in total. The van der Waals surface area contributed by atoms with Gasteiger partial charge in [-0.2, -0.15) is 0 Å². The van der Waals surface area contributed by atoms with Crippen LogP contribution in [0.4, 0.5) is 0 Å². The van der Waals surface area contributed by atoms with Crippen LogP contribution in [-0.2, 0) is 9.53 Å². The highest BCUT2D eigenvalue weighted by molar-refractivity contribution is 5.68. The lowest BCUT2D eigenvalue weighted by atomic mass is 10.0. The first-order valence-electron chi connectivity index (χ1n) is 9.38. The van der Waals surface area contributed by atoms with Gasteiger partial charge in [0.2, 0.25) is 0 Å². The number of unbranched alkanes of at least 4 members (excludes halogenated alkanes) is 14. The minimum absolute atomic E-state index is 0. The molecule has 2 heteroatoms. The Bertz CT molecular complexity index is 214. The van der Waals surface area contributed by atoms with E-state index in [1.807, 2.05) is 0 Å². The molecular formula is C20H38O2. The molecule has 0 saturated carbocycles. The normalized spacial score (nSPS) is 10.3. The van der Waals surface area contributed by atoms with Crippen LogP contribution in [0.15, 0.2) is 0 Å².